The van der Waals surface area contributed by atoms with Gasteiger partial charge in [-0.25, -0.2) is 0 Å². The van der Waals surface area contributed by atoms with E-state index in [1.54, 1.807) is 6.21 Å². The topological polar surface area (TPSA) is 65.2 Å². The first-order valence-electron chi connectivity index (χ1n) is 15.1. The van der Waals surface area contributed by atoms with Gasteiger partial charge in [-0.2, -0.15) is 0 Å². The molecule has 1 aliphatic rings. The Bertz CT molecular complexity index is 1240. The van der Waals surface area contributed by atoms with Crippen LogP contribution in [-0.2, 0) is 46.7 Å². The van der Waals surface area contributed by atoms with E-state index < -0.39 is 0 Å². The van der Waals surface area contributed by atoms with E-state index in [1.807, 2.05) is 12.3 Å². The molecule has 2 aromatic rings. The molecule has 0 spiro atoms. The number of nitrogens with zero attached hydrogens (tertiary/aromatic N) is 2. The summed E-state index contributed by atoms with van der Waals surface area (Å²) in [6.07, 6.45) is 9.94. The number of benzene rings is 2. The maximum atomic E-state index is 10.8. The Balaban J connectivity index is 0.000000806. The zero-order chi connectivity index (χ0) is 31.4. The standard InChI is InChI=1S/C21H33NO.C15H22NO.2ClH.Zr/c1-20(2,3)16-12-15(14-22-17-10-8-7-9-11-17)19(23)18(13-16)21(4,5)6;1-14(2,3)11-7-10(9-16)13(17)12(8-11)15(4,5)6;;;/h12-14,17,23H,7-11H2,1-6H3;7-9,17H,1-6H3;2*1H;/q;-1;;;+1. The predicted molar refractivity (Wildman–Crippen MR) is 188 cm³/mol. The molecule has 0 radical (unpaired) electrons. The minimum absolute atomic E-state index is 0. The van der Waals surface area contributed by atoms with Gasteiger partial charge in [-0.1, -0.05) is 66.9 Å². The van der Waals surface area contributed by atoms with E-state index in [9.17, 15) is 10.2 Å². The summed E-state index contributed by atoms with van der Waals surface area (Å²) in [5.74, 6) is 0.756. The number of phenols is 2. The summed E-state index contributed by atoms with van der Waals surface area (Å²) in [4.78, 5) is 4.78. The summed E-state index contributed by atoms with van der Waals surface area (Å²) < 4.78 is 4.12. The van der Waals surface area contributed by atoms with Gasteiger partial charge in [-0.3, -0.25) is 4.99 Å². The van der Waals surface area contributed by atoms with Crippen LogP contribution in [0.5, 0.6) is 11.5 Å². The zero-order valence-electron chi connectivity index (χ0n) is 28.7. The molecule has 241 valence electrons. The van der Waals surface area contributed by atoms with Gasteiger partial charge in [0, 0.05) is 23.4 Å². The van der Waals surface area contributed by atoms with Crippen molar-refractivity contribution in [1.82, 2.24) is 0 Å². The number of phenolic OH excluding ortho intramolecular Hbond substituents is 2. The average Bonchev–Trinajstić information content (AvgIpc) is 2.83. The third-order valence-corrected chi connectivity index (χ3v) is 8.15. The molecular weight excluding hydrogens is 655 g/mol. The monoisotopic (exact) mass is 709 g/mol. The van der Waals surface area contributed by atoms with Crippen molar-refractivity contribution in [3.8, 4) is 11.5 Å². The maximum Gasteiger partial charge on any atom is -0.147 e. The second-order valence-corrected chi connectivity index (χ2v) is 16.4. The Morgan fingerprint density at radius 1 is 0.605 bits per heavy atom. The van der Waals surface area contributed by atoms with Gasteiger partial charge in [0.25, 0.3) is 0 Å². The first kappa shape index (κ1) is 41.8. The SMILES string of the molecule is CC(C)(C)c1cc(C=NC2CCCCC2)c(O)c(C(C)(C)C)c1.CC(C)(C)c1cc(C=[N][Zr])c(O)c(C(C)(C)C)c1.Cl.Cl. The van der Waals surface area contributed by atoms with Gasteiger partial charge in [0.1, 0.15) is 5.75 Å². The van der Waals surface area contributed by atoms with Crippen LogP contribution in [-0.4, -0.2) is 28.7 Å². The molecule has 3 rings (SSSR count). The minimum Gasteiger partial charge on any atom is -0.147 e. The van der Waals surface area contributed by atoms with Crippen LogP contribution in [0.2, 0.25) is 0 Å². The summed E-state index contributed by atoms with van der Waals surface area (Å²) >= 11 is 1.10. The number of halogens is 2. The van der Waals surface area contributed by atoms with E-state index in [1.165, 1.54) is 43.2 Å². The van der Waals surface area contributed by atoms with Gasteiger partial charge < -0.3 is 5.11 Å². The van der Waals surface area contributed by atoms with E-state index in [4.69, 9.17) is 4.99 Å². The van der Waals surface area contributed by atoms with Gasteiger partial charge in [0.15, 0.2) is 0 Å². The number of hydrogen-bond donors (Lipinski definition) is 2. The zero-order valence-corrected chi connectivity index (χ0v) is 32.8. The van der Waals surface area contributed by atoms with Crippen LogP contribution >= 0.6 is 24.8 Å². The molecule has 2 aromatic carbocycles. The van der Waals surface area contributed by atoms with Crippen molar-refractivity contribution in [2.75, 3.05) is 0 Å². The van der Waals surface area contributed by atoms with Crippen molar-refractivity contribution in [2.24, 2.45) is 7.93 Å². The van der Waals surface area contributed by atoms with Crippen molar-refractivity contribution in [2.45, 2.75) is 143 Å². The number of rotatable bonds is 3. The molecule has 0 saturated heterocycles. The van der Waals surface area contributed by atoms with Gasteiger partial charge >= 0.3 is 126 Å². The molecule has 0 amide bonds. The molecule has 0 unspecified atom stereocenters. The second-order valence-electron chi connectivity index (χ2n) is 15.8. The van der Waals surface area contributed by atoms with E-state index in [0.717, 1.165) is 47.3 Å². The number of aromatic hydroxyl groups is 2. The third kappa shape index (κ3) is 12.3. The molecule has 0 heterocycles. The van der Waals surface area contributed by atoms with Crippen molar-refractivity contribution in [1.29, 1.82) is 0 Å². The van der Waals surface area contributed by atoms with Crippen LogP contribution in [0.15, 0.2) is 32.2 Å². The summed E-state index contributed by atoms with van der Waals surface area (Å²) in [5.41, 5.74) is 6.14. The van der Waals surface area contributed by atoms with Gasteiger partial charge in [0.2, 0.25) is 0 Å². The fourth-order valence-electron chi connectivity index (χ4n) is 5.01. The van der Waals surface area contributed by atoms with E-state index in [0.29, 0.717) is 17.5 Å². The molecule has 1 saturated carbocycles. The van der Waals surface area contributed by atoms with E-state index >= 15 is 0 Å². The van der Waals surface area contributed by atoms with Gasteiger partial charge in [0.05, 0.1) is 0 Å². The summed E-state index contributed by atoms with van der Waals surface area (Å²) in [6, 6.07) is 8.86. The molecule has 1 fully saturated rings. The Morgan fingerprint density at radius 3 is 1.30 bits per heavy atom. The Labute approximate surface area is 290 Å². The third-order valence-electron chi connectivity index (χ3n) is 7.83. The molecule has 1 aliphatic carbocycles. The molecular formula is C36H57Cl2N2O2Zr. The largest absolute Gasteiger partial charge is 0.147 e. The van der Waals surface area contributed by atoms with Crippen molar-refractivity contribution in [3.05, 3.63) is 57.6 Å². The molecule has 0 aliphatic heterocycles. The van der Waals surface area contributed by atoms with E-state index in [2.05, 4.69) is 104 Å². The maximum absolute atomic E-state index is 10.8. The van der Waals surface area contributed by atoms with Crippen LogP contribution in [0.3, 0.4) is 0 Å². The smallest absolute Gasteiger partial charge is 0.147 e. The van der Waals surface area contributed by atoms with Crippen molar-refractivity contribution in [3.63, 3.8) is 0 Å². The van der Waals surface area contributed by atoms with Gasteiger partial charge in [-0.15, -0.1) is 24.8 Å². The molecule has 0 atom stereocenters. The first-order chi connectivity index (χ1) is 18.7. The molecule has 43 heavy (non-hydrogen) atoms. The quantitative estimate of drug-likeness (QED) is 0.311. The predicted octanol–water partition coefficient (Wildman–Crippen LogP) is 10.5. The van der Waals surface area contributed by atoms with Crippen LogP contribution in [0.4, 0.5) is 0 Å². The number of aliphatic imine (C=N–C) groups is 1. The minimum atomic E-state index is -0.0846. The van der Waals surface area contributed by atoms with Crippen LogP contribution in [0.1, 0.15) is 149 Å². The fraction of sp³-hybridized carbons (Fsp3) is 0.611. The molecule has 2 N–H and O–H groups in total. The fourth-order valence-corrected chi connectivity index (χ4v) is 5.35. The summed E-state index contributed by atoms with van der Waals surface area (Å²) in [6.45, 7) is 26.0. The number of hydrogen-bond acceptors (Lipinski definition) is 4. The summed E-state index contributed by atoms with van der Waals surface area (Å²) in [5, 5.41) is 21.1. The van der Waals surface area contributed by atoms with Crippen LogP contribution < -0.4 is 0 Å². The average molecular weight is 712 g/mol. The van der Waals surface area contributed by atoms with Crippen molar-refractivity contribution < 1.29 is 35.2 Å². The molecule has 7 heteroatoms. The Morgan fingerprint density at radius 2 is 0.977 bits per heavy atom. The molecule has 0 aromatic heterocycles. The Kier molecular flexibility index (Phi) is 16.0. The summed E-state index contributed by atoms with van der Waals surface area (Å²) in [7, 11) is 0. The van der Waals surface area contributed by atoms with Crippen molar-refractivity contribution >= 4 is 37.2 Å². The normalized spacial score (nSPS) is 15.0. The molecule has 0 bridgehead atoms. The van der Waals surface area contributed by atoms with Crippen LogP contribution in [0.25, 0.3) is 0 Å². The van der Waals surface area contributed by atoms with E-state index in [-0.39, 0.29) is 46.5 Å². The first-order valence-corrected chi connectivity index (χ1v) is 16.2. The molecule has 4 nitrogen and oxygen atoms in total. The van der Waals surface area contributed by atoms with Crippen LogP contribution in [0, 0.1) is 0 Å². The van der Waals surface area contributed by atoms with Gasteiger partial charge in [-0.05, 0) is 35.3 Å². The second kappa shape index (κ2) is 16.4. The Hall–Kier alpha value is -1.16.